The normalized spacial score (nSPS) is 15.3. The van der Waals surface area contributed by atoms with E-state index in [9.17, 15) is 5.11 Å². The number of quaternary nitrogens is 1. The van der Waals surface area contributed by atoms with Crippen molar-refractivity contribution in [2.24, 2.45) is 0 Å². The Morgan fingerprint density at radius 1 is 1.30 bits per heavy atom. The van der Waals surface area contributed by atoms with Gasteiger partial charge in [0.15, 0.2) is 0 Å². The molecule has 2 nitrogen and oxygen atoms in total. The molecule has 0 aromatic rings. The number of hydrogen-bond donors (Lipinski definition) is 0. The lowest BCUT2D eigenvalue weighted by molar-refractivity contribution is -0.909. The van der Waals surface area contributed by atoms with Crippen molar-refractivity contribution in [3.63, 3.8) is 0 Å². The molecular formula is C8H19NO+. The van der Waals surface area contributed by atoms with E-state index in [1.807, 2.05) is 0 Å². The van der Waals surface area contributed by atoms with Crippen molar-refractivity contribution in [1.82, 2.24) is 0 Å². The molecule has 1 atom stereocenters. The zero-order valence-electron chi connectivity index (χ0n) is 7.55. The van der Waals surface area contributed by atoms with Gasteiger partial charge in [-0.15, -0.1) is 0 Å². The predicted octanol–water partition coefficient (Wildman–Crippen LogP) is 1.29. The van der Waals surface area contributed by atoms with E-state index in [-0.39, 0.29) is 0 Å². The van der Waals surface area contributed by atoms with E-state index < -0.39 is 6.10 Å². The second-order valence-corrected chi connectivity index (χ2v) is 3.25. The lowest BCUT2D eigenvalue weighted by atomic mass is 10.3. The standard InChI is InChI=1S/C8H19NO/c1-5-9(4,6-2)7-8(3)10/h8H,5-7H2,1-4H3/q+1. The molecule has 0 spiro atoms. The molecule has 0 N–H and O–H groups in total. The van der Waals surface area contributed by atoms with Crippen LogP contribution in [0.3, 0.4) is 0 Å². The van der Waals surface area contributed by atoms with Gasteiger partial charge < -0.3 is 4.48 Å². The van der Waals surface area contributed by atoms with Gasteiger partial charge in [0.05, 0.1) is 20.1 Å². The van der Waals surface area contributed by atoms with Crippen LogP contribution in [0, 0.1) is 0 Å². The summed E-state index contributed by atoms with van der Waals surface area (Å²) in [5.41, 5.74) is 0. The molecule has 0 saturated heterocycles. The fourth-order valence-electron chi connectivity index (χ4n) is 1.10. The van der Waals surface area contributed by atoms with Gasteiger partial charge >= 0.3 is 0 Å². The first kappa shape index (κ1) is 9.92. The molecule has 0 fully saturated rings. The molecular weight excluding hydrogens is 126 g/mol. The Labute approximate surface area is 64.1 Å². The van der Waals surface area contributed by atoms with Crippen LogP contribution in [0.2, 0.25) is 0 Å². The molecule has 0 aromatic carbocycles. The van der Waals surface area contributed by atoms with Crippen LogP contribution in [0.1, 0.15) is 20.8 Å². The van der Waals surface area contributed by atoms with Crippen molar-refractivity contribution in [1.29, 1.82) is 0 Å². The van der Waals surface area contributed by atoms with Crippen LogP contribution < -0.4 is 0 Å². The fraction of sp³-hybridized carbons (Fsp3) is 1.00. The van der Waals surface area contributed by atoms with E-state index in [2.05, 4.69) is 20.9 Å². The Hall–Kier alpha value is -0.0800. The molecule has 2 heteroatoms. The van der Waals surface area contributed by atoms with Crippen LogP contribution in [0.4, 0.5) is 0 Å². The smallest absolute Gasteiger partial charge is 0.139 e. The molecule has 0 heterocycles. The largest absolute Gasteiger partial charge is 0.324 e. The van der Waals surface area contributed by atoms with Gasteiger partial charge in [0.2, 0.25) is 0 Å². The van der Waals surface area contributed by atoms with Gasteiger partial charge in [-0.2, -0.15) is 0 Å². The third-order valence-electron chi connectivity index (χ3n) is 2.22. The van der Waals surface area contributed by atoms with Gasteiger partial charge in [0.1, 0.15) is 12.6 Å². The van der Waals surface area contributed by atoms with E-state index in [4.69, 9.17) is 0 Å². The van der Waals surface area contributed by atoms with Gasteiger partial charge in [-0.1, -0.05) is 0 Å². The van der Waals surface area contributed by atoms with E-state index >= 15 is 0 Å². The average molecular weight is 145 g/mol. The lowest BCUT2D eigenvalue weighted by Gasteiger charge is -2.32. The van der Waals surface area contributed by atoms with Crippen LogP contribution in [-0.4, -0.2) is 37.3 Å². The molecule has 10 heavy (non-hydrogen) atoms. The van der Waals surface area contributed by atoms with Gasteiger partial charge in [-0.05, 0) is 20.8 Å². The number of rotatable bonds is 4. The van der Waals surface area contributed by atoms with Crippen molar-refractivity contribution in [2.45, 2.75) is 26.9 Å². The third kappa shape index (κ3) is 3.18. The minimum absolute atomic E-state index is 0.426. The summed E-state index contributed by atoms with van der Waals surface area (Å²) in [5, 5.41) is 10.8. The van der Waals surface area contributed by atoms with Crippen molar-refractivity contribution in [3.8, 4) is 0 Å². The van der Waals surface area contributed by atoms with Crippen LogP contribution in [0.25, 0.3) is 0 Å². The van der Waals surface area contributed by atoms with Crippen molar-refractivity contribution < 1.29 is 9.59 Å². The second kappa shape index (κ2) is 3.94. The predicted molar refractivity (Wildman–Crippen MR) is 42.3 cm³/mol. The fourth-order valence-corrected chi connectivity index (χ4v) is 1.10. The Balaban J connectivity index is 3.80. The molecule has 0 bridgehead atoms. The monoisotopic (exact) mass is 145 g/mol. The highest BCUT2D eigenvalue weighted by Crippen LogP contribution is 2.02. The maximum absolute atomic E-state index is 10.8. The summed E-state index contributed by atoms with van der Waals surface area (Å²) < 4.78 is 0.907. The summed E-state index contributed by atoms with van der Waals surface area (Å²) in [5.74, 6) is 0. The van der Waals surface area contributed by atoms with Crippen molar-refractivity contribution in [3.05, 3.63) is 0 Å². The third-order valence-corrected chi connectivity index (χ3v) is 2.22. The second-order valence-electron chi connectivity index (χ2n) is 3.25. The SMILES string of the molecule is CC[N+](C)(CC)CC(C)[O]. The van der Waals surface area contributed by atoms with Crippen LogP contribution in [-0.2, 0) is 5.11 Å². The highest BCUT2D eigenvalue weighted by Gasteiger charge is 2.19. The molecule has 0 aromatic heterocycles. The molecule has 0 aliphatic rings. The van der Waals surface area contributed by atoms with E-state index in [0.717, 1.165) is 24.1 Å². The molecule has 1 radical (unpaired) electrons. The highest BCUT2D eigenvalue weighted by atomic mass is 16.3. The Morgan fingerprint density at radius 3 is 1.80 bits per heavy atom. The summed E-state index contributed by atoms with van der Waals surface area (Å²) in [7, 11) is 2.13. The molecule has 0 rings (SSSR count). The summed E-state index contributed by atoms with van der Waals surface area (Å²) in [4.78, 5) is 0. The Bertz CT molecular complexity index is 87.3. The molecule has 0 saturated carbocycles. The van der Waals surface area contributed by atoms with Gasteiger partial charge in [0.25, 0.3) is 0 Å². The first-order valence-electron chi connectivity index (χ1n) is 4.03. The zero-order valence-corrected chi connectivity index (χ0v) is 7.55. The maximum atomic E-state index is 10.8. The van der Waals surface area contributed by atoms with Gasteiger partial charge in [0, 0.05) is 0 Å². The van der Waals surface area contributed by atoms with E-state index in [1.54, 1.807) is 6.92 Å². The minimum atomic E-state index is -0.426. The molecule has 61 valence electrons. The molecule has 0 amide bonds. The minimum Gasteiger partial charge on any atom is -0.324 e. The van der Waals surface area contributed by atoms with Crippen LogP contribution in [0.5, 0.6) is 0 Å². The Morgan fingerprint density at radius 2 is 1.70 bits per heavy atom. The molecule has 0 aliphatic heterocycles. The maximum Gasteiger partial charge on any atom is 0.139 e. The van der Waals surface area contributed by atoms with Crippen LogP contribution >= 0.6 is 0 Å². The van der Waals surface area contributed by atoms with E-state index in [1.165, 1.54) is 0 Å². The summed E-state index contributed by atoms with van der Waals surface area (Å²) in [6.07, 6.45) is -0.426. The average Bonchev–Trinajstić information content (AvgIpc) is 1.87. The topological polar surface area (TPSA) is 19.9 Å². The van der Waals surface area contributed by atoms with Crippen molar-refractivity contribution in [2.75, 3.05) is 26.7 Å². The lowest BCUT2D eigenvalue weighted by Crippen LogP contribution is -2.47. The van der Waals surface area contributed by atoms with E-state index in [0.29, 0.717) is 0 Å². The number of likely N-dealkylation sites (N-methyl/N-ethyl adjacent to an activating group) is 1. The summed E-state index contributed by atoms with van der Waals surface area (Å²) in [6.45, 7) is 8.87. The zero-order chi connectivity index (χ0) is 8.20. The number of hydrogen-bond acceptors (Lipinski definition) is 0. The van der Waals surface area contributed by atoms with Gasteiger partial charge in [-0.25, -0.2) is 5.11 Å². The van der Waals surface area contributed by atoms with Crippen molar-refractivity contribution >= 4 is 0 Å². The molecule has 0 aliphatic carbocycles. The molecule has 1 unspecified atom stereocenters. The van der Waals surface area contributed by atoms with Crippen LogP contribution in [0.15, 0.2) is 0 Å². The summed E-state index contributed by atoms with van der Waals surface area (Å²) in [6, 6.07) is 0. The first-order chi connectivity index (χ1) is 4.54. The summed E-state index contributed by atoms with van der Waals surface area (Å²) >= 11 is 0. The number of nitrogens with zero attached hydrogens (tertiary/aromatic N) is 1. The first-order valence-corrected chi connectivity index (χ1v) is 4.03. The Kier molecular flexibility index (Phi) is 3.91. The quantitative estimate of drug-likeness (QED) is 0.531. The van der Waals surface area contributed by atoms with Gasteiger partial charge in [-0.3, -0.25) is 0 Å². The highest BCUT2D eigenvalue weighted by molar-refractivity contribution is 4.42.